The zero-order chi connectivity index (χ0) is 26.0. The van der Waals surface area contributed by atoms with Crippen molar-refractivity contribution in [2.75, 3.05) is 38.7 Å². The van der Waals surface area contributed by atoms with Crippen molar-refractivity contribution in [1.29, 1.82) is 0 Å². The molecule has 0 saturated carbocycles. The maximum absolute atomic E-state index is 12.6. The first-order chi connectivity index (χ1) is 17.5. The molecule has 0 saturated heterocycles. The summed E-state index contributed by atoms with van der Waals surface area (Å²) in [6.07, 6.45) is 1.83. The highest BCUT2D eigenvalue weighted by Gasteiger charge is 2.18. The van der Waals surface area contributed by atoms with Gasteiger partial charge in [-0.15, -0.1) is 0 Å². The van der Waals surface area contributed by atoms with Crippen molar-refractivity contribution >= 4 is 23.8 Å². The Morgan fingerprint density at radius 3 is 2.36 bits per heavy atom. The lowest BCUT2D eigenvalue weighted by Gasteiger charge is -2.22. The molecule has 0 bridgehead atoms. The van der Waals surface area contributed by atoms with E-state index in [2.05, 4.69) is 19.1 Å². The van der Waals surface area contributed by atoms with Crippen LogP contribution in [0.1, 0.15) is 44.2 Å². The Morgan fingerprint density at radius 2 is 1.69 bits per heavy atom. The zero-order valence-electron chi connectivity index (χ0n) is 21.4. The Bertz CT molecular complexity index is 877. The molecule has 0 fully saturated rings. The van der Waals surface area contributed by atoms with Gasteiger partial charge in [0, 0.05) is 25.3 Å². The van der Waals surface area contributed by atoms with Crippen LogP contribution in [0.25, 0.3) is 0 Å². The number of aliphatic carboxylic acids is 1. The second kappa shape index (κ2) is 17.7. The third kappa shape index (κ3) is 11.8. The number of carboxylic acid groups (broad SMARTS) is 1. The summed E-state index contributed by atoms with van der Waals surface area (Å²) in [4.78, 5) is 25.6. The van der Waals surface area contributed by atoms with Crippen molar-refractivity contribution in [1.82, 2.24) is 4.90 Å². The molecule has 198 valence electrons. The molecule has 0 radical (unpaired) electrons. The lowest BCUT2D eigenvalue weighted by molar-refractivity contribution is -0.149. The van der Waals surface area contributed by atoms with Gasteiger partial charge in [-0.1, -0.05) is 55.8 Å². The van der Waals surface area contributed by atoms with Crippen LogP contribution in [0, 0.1) is 0 Å². The number of benzene rings is 2. The number of unbranched alkanes of at least 4 members (excludes halogenated alkanes) is 1. The van der Waals surface area contributed by atoms with Gasteiger partial charge >= 0.3 is 12.1 Å². The van der Waals surface area contributed by atoms with Crippen molar-refractivity contribution in [2.45, 2.75) is 51.4 Å². The van der Waals surface area contributed by atoms with E-state index < -0.39 is 12.1 Å². The van der Waals surface area contributed by atoms with Crippen LogP contribution in [0.5, 0.6) is 5.75 Å². The van der Waals surface area contributed by atoms with Crippen molar-refractivity contribution in [3.05, 3.63) is 65.7 Å². The van der Waals surface area contributed by atoms with E-state index >= 15 is 0 Å². The predicted molar refractivity (Wildman–Crippen MR) is 144 cm³/mol. The fourth-order valence-electron chi connectivity index (χ4n) is 3.44. The van der Waals surface area contributed by atoms with Crippen LogP contribution in [0.2, 0.25) is 0 Å². The first kappa shape index (κ1) is 29.5. The third-order valence-corrected chi connectivity index (χ3v) is 6.54. The maximum atomic E-state index is 12.6. The zero-order valence-corrected chi connectivity index (χ0v) is 22.2. The largest absolute Gasteiger partial charge is 0.492 e. The average molecular weight is 518 g/mol. The number of carboxylic acids is 1. The lowest BCUT2D eigenvalue weighted by Crippen LogP contribution is -2.36. The molecule has 2 aromatic carbocycles. The van der Waals surface area contributed by atoms with Gasteiger partial charge in [-0.2, -0.15) is 11.8 Å². The van der Waals surface area contributed by atoms with Crippen LogP contribution < -0.4 is 4.74 Å². The first-order valence-corrected chi connectivity index (χ1v) is 13.8. The number of amides is 1. The average Bonchev–Trinajstić information content (AvgIpc) is 2.88. The maximum Gasteiger partial charge on any atom is 0.409 e. The minimum absolute atomic E-state index is 0.295. The van der Waals surface area contributed by atoms with Gasteiger partial charge in [-0.25, -0.2) is 9.59 Å². The molecule has 1 amide bonds. The molecule has 0 spiro atoms. The van der Waals surface area contributed by atoms with E-state index in [1.807, 2.05) is 54.2 Å². The van der Waals surface area contributed by atoms with Gasteiger partial charge in [0.15, 0.2) is 6.10 Å². The van der Waals surface area contributed by atoms with Gasteiger partial charge in [0.2, 0.25) is 0 Å². The Hall–Kier alpha value is -2.71. The molecule has 0 heterocycles. The van der Waals surface area contributed by atoms with Crippen LogP contribution in [-0.4, -0.2) is 66.8 Å². The second-order valence-corrected chi connectivity index (χ2v) is 9.43. The van der Waals surface area contributed by atoms with E-state index in [0.29, 0.717) is 45.1 Å². The van der Waals surface area contributed by atoms with E-state index in [0.717, 1.165) is 36.3 Å². The number of nitrogens with zero attached hydrogens (tertiary/aromatic N) is 1. The fourth-order valence-corrected chi connectivity index (χ4v) is 4.35. The van der Waals surface area contributed by atoms with Crippen LogP contribution >= 0.6 is 11.8 Å². The summed E-state index contributed by atoms with van der Waals surface area (Å²) in [7, 11) is 0. The van der Waals surface area contributed by atoms with Gasteiger partial charge in [0.1, 0.15) is 12.4 Å². The lowest BCUT2D eigenvalue weighted by atomic mass is 10.1. The van der Waals surface area contributed by atoms with Gasteiger partial charge < -0.3 is 24.2 Å². The van der Waals surface area contributed by atoms with Crippen molar-refractivity contribution in [2.24, 2.45) is 0 Å². The number of thioether (sulfide) groups is 1. The van der Waals surface area contributed by atoms with Crippen molar-refractivity contribution in [3.8, 4) is 5.75 Å². The number of carbonyl (C=O) groups is 2. The predicted octanol–water partition coefficient (Wildman–Crippen LogP) is 5.66. The Kier molecular flexibility index (Phi) is 14.5. The van der Waals surface area contributed by atoms with E-state index in [1.54, 1.807) is 11.8 Å². The summed E-state index contributed by atoms with van der Waals surface area (Å²) in [5.74, 6) is 1.61. The van der Waals surface area contributed by atoms with Crippen LogP contribution in [-0.2, 0) is 26.4 Å². The highest BCUT2D eigenvalue weighted by molar-refractivity contribution is 7.98. The third-order valence-electron chi connectivity index (χ3n) is 5.43. The smallest absolute Gasteiger partial charge is 0.409 e. The van der Waals surface area contributed by atoms with Crippen molar-refractivity contribution in [3.63, 3.8) is 0 Å². The molecular formula is C28H39NO6S. The molecule has 2 rings (SSSR count). The summed E-state index contributed by atoms with van der Waals surface area (Å²) in [5, 5.41) is 9.25. The van der Waals surface area contributed by atoms with Gasteiger partial charge in [-0.05, 0) is 48.8 Å². The highest BCUT2D eigenvalue weighted by Crippen LogP contribution is 2.16. The number of hydrogen-bond acceptors (Lipinski definition) is 6. The number of ether oxygens (including phenoxy) is 3. The molecule has 7 nitrogen and oxygen atoms in total. The molecule has 0 aliphatic heterocycles. The molecule has 0 aliphatic rings. The van der Waals surface area contributed by atoms with E-state index in [9.17, 15) is 14.7 Å². The minimum atomic E-state index is -0.971. The van der Waals surface area contributed by atoms with Crippen LogP contribution in [0.15, 0.2) is 54.6 Å². The summed E-state index contributed by atoms with van der Waals surface area (Å²) in [6, 6.07) is 17.7. The van der Waals surface area contributed by atoms with Gasteiger partial charge in [0.25, 0.3) is 0 Å². The van der Waals surface area contributed by atoms with E-state index in [4.69, 9.17) is 14.2 Å². The molecule has 1 atom stereocenters. The molecule has 36 heavy (non-hydrogen) atoms. The van der Waals surface area contributed by atoms with Crippen LogP contribution in [0.3, 0.4) is 0 Å². The van der Waals surface area contributed by atoms with Crippen molar-refractivity contribution < 1.29 is 28.9 Å². The monoisotopic (exact) mass is 517 g/mol. The summed E-state index contributed by atoms with van der Waals surface area (Å²) in [6.45, 7) is 6.00. The molecule has 0 aromatic heterocycles. The molecule has 2 aromatic rings. The standard InChI is InChI=1S/C28H39NO6S/c1-3-5-18-35-28(32)29(16-9-20-36-22-24-10-7-6-8-11-24)17-19-34-25-14-12-23(13-15-25)21-26(27(30)31)33-4-2/h6-8,10-15,26H,3-5,9,16-22H2,1-2H3,(H,30,31). The normalized spacial score (nSPS) is 11.6. The molecule has 1 unspecified atom stereocenters. The van der Waals surface area contributed by atoms with E-state index in [1.165, 1.54) is 5.56 Å². The number of rotatable bonds is 18. The summed E-state index contributed by atoms with van der Waals surface area (Å²) in [5.41, 5.74) is 2.16. The second-order valence-electron chi connectivity index (χ2n) is 8.33. The molecule has 8 heteroatoms. The number of hydrogen-bond donors (Lipinski definition) is 1. The minimum Gasteiger partial charge on any atom is -0.492 e. The Labute approximate surface area is 219 Å². The molecule has 0 aliphatic carbocycles. The first-order valence-electron chi connectivity index (χ1n) is 12.6. The van der Waals surface area contributed by atoms with Crippen LogP contribution in [0.4, 0.5) is 4.79 Å². The Balaban J connectivity index is 1.79. The van der Waals surface area contributed by atoms with E-state index in [-0.39, 0.29) is 6.09 Å². The summed E-state index contributed by atoms with van der Waals surface area (Å²) >= 11 is 1.86. The van der Waals surface area contributed by atoms with Gasteiger partial charge in [-0.3, -0.25) is 0 Å². The molecular weight excluding hydrogens is 478 g/mol. The SMILES string of the molecule is CCCCOC(=O)N(CCCSCc1ccccc1)CCOc1ccc(CC(OCC)C(=O)O)cc1. The highest BCUT2D eigenvalue weighted by atomic mass is 32.2. The molecule has 1 N–H and O–H groups in total. The Morgan fingerprint density at radius 1 is 0.944 bits per heavy atom. The summed E-state index contributed by atoms with van der Waals surface area (Å²) < 4.78 is 16.6. The fraction of sp³-hybridized carbons (Fsp3) is 0.500. The number of carbonyl (C=O) groups excluding carboxylic acids is 1. The topological polar surface area (TPSA) is 85.3 Å². The van der Waals surface area contributed by atoms with Gasteiger partial charge in [0.05, 0.1) is 13.2 Å². The quantitative estimate of drug-likeness (QED) is 0.255.